The van der Waals surface area contributed by atoms with Crippen LogP contribution in [0.15, 0.2) is 0 Å². The first-order valence-electron chi connectivity index (χ1n) is 3.39. The van der Waals surface area contributed by atoms with Crippen LogP contribution in [0.2, 0.25) is 0 Å². The molecule has 1 nitrogen and oxygen atoms in total. The van der Waals surface area contributed by atoms with Gasteiger partial charge in [-0.1, -0.05) is 29.8 Å². The molecule has 0 radical (unpaired) electrons. The van der Waals surface area contributed by atoms with Crippen molar-refractivity contribution in [3.8, 4) is 0 Å². The molecule has 1 atom stereocenters. The third-order valence-electron chi connectivity index (χ3n) is 1.57. The summed E-state index contributed by atoms with van der Waals surface area (Å²) in [4.78, 5) is 9.92. The highest BCUT2D eigenvalue weighted by atomic mass is 79.9. The lowest BCUT2D eigenvalue weighted by atomic mass is 9.87. The number of hydrogen-bond donors (Lipinski definition) is 0. The van der Waals surface area contributed by atoms with Gasteiger partial charge in [0.1, 0.15) is 4.84 Å². The lowest BCUT2D eigenvalue weighted by Gasteiger charge is -2.28. The zero-order valence-electron chi connectivity index (χ0n) is 6.78. The summed E-state index contributed by atoms with van der Waals surface area (Å²) in [6, 6.07) is 0. The van der Waals surface area contributed by atoms with Gasteiger partial charge in [-0.05, 0) is 23.4 Å². The van der Waals surface area contributed by atoms with Gasteiger partial charge in [0.25, 0.3) is 0 Å². The summed E-state index contributed by atoms with van der Waals surface area (Å²) >= 11 is 19.7. The minimum atomic E-state index is -0.476. The third-order valence-corrected chi connectivity index (χ3v) is 4.01. The van der Waals surface area contributed by atoms with E-state index >= 15 is 0 Å². The lowest BCUT2D eigenvalue weighted by molar-refractivity contribution is -0.112. The zero-order chi connectivity index (χ0) is 9.94. The smallest absolute Gasteiger partial charge is 0.235 e. The van der Waals surface area contributed by atoms with Gasteiger partial charge in [0, 0.05) is 0 Å². The van der Waals surface area contributed by atoms with E-state index in [1.165, 1.54) is 0 Å². The normalized spacial score (nSPS) is 14.9. The zero-order valence-corrected chi connectivity index (χ0v) is 10.6. The summed E-state index contributed by atoms with van der Waals surface area (Å²) < 4.78 is 0. The molecule has 5 heteroatoms. The summed E-state index contributed by atoms with van der Waals surface area (Å²) in [7, 11) is 0. The SMILES string of the molecule is CC(C)(CC(Cl)Cl)C(Br)C(=O)Cl. The fraction of sp³-hybridized carbons (Fsp3) is 0.857. The van der Waals surface area contributed by atoms with Crippen molar-refractivity contribution in [2.24, 2.45) is 5.41 Å². The second-order valence-corrected chi connectivity index (χ2v) is 5.82. The van der Waals surface area contributed by atoms with Crippen molar-refractivity contribution >= 4 is 56.0 Å². The van der Waals surface area contributed by atoms with E-state index in [9.17, 15) is 4.79 Å². The Morgan fingerprint density at radius 1 is 1.50 bits per heavy atom. The van der Waals surface area contributed by atoms with Crippen molar-refractivity contribution < 1.29 is 4.79 Å². The van der Waals surface area contributed by atoms with E-state index in [-0.39, 0.29) is 5.41 Å². The van der Waals surface area contributed by atoms with Crippen LogP contribution in [0.25, 0.3) is 0 Å². The maximum absolute atomic E-state index is 10.8. The Morgan fingerprint density at radius 3 is 2.17 bits per heavy atom. The van der Waals surface area contributed by atoms with Crippen molar-refractivity contribution in [3.63, 3.8) is 0 Å². The average molecular weight is 296 g/mol. The molecule has 0 heterocycles. The highest BCUT2D eigenvalue weighted by Gasteiger charge is 2.33. The number of hydrogen-bond acceptors (Lipinski definition) is 1. The quantitative estimate of drug-likeness (QED) is 0.570. The fourth-order valence-electron chi connectivity index (χ4n) is 0.808. The standard InChI is InChI=1S/C7H10BrCl3O/c1-7(2,3-4(9)10)5(8)6(11)12/h4-5H,3H2,1-2H3. The number of carbonyl (C=O) groups is 1. The van der Waals surface area contributed by atoms with Crippen molar-refractivity contribution in [1.82, 2.24) is 0 Å². The second kappa shape index (κ2) is 5.04. The summed E-state index contributed by atoms with van der Waals surface area (Å²) in [6.45, 7) is 3.76. The molecule has 0 saturated heterocycles. The van der Waals surface area contributed by atoms with Crippen LogP contribution in [-0.4, -0.2) is 14.9 Å². The van der Waals surface area contributed by atoms with Gasteiger partial charge in [-0.15, -0.1) is 23.2 Å². The summed E-state index contributed by atoms with van der Waals surface area (Å²) in [5.74, 6) is 0. The summed E-state index contributed by atoms with van der Waals surface area (Å²) in [5, 5.41) is -0.422. The van der Waals surface area contributed by atoms with Crippen LogP contribution < -0.4 is 0 Å². The Hall–Kier alpha value is 1.02. The Kier molecular flexibility index (Phi) is 5.47. The maximum atomic E-state index is 10.8. The highest BCUT2D eigenvalue weighted by molar-refractivity contribution is 9.10. The molecule has 0 aliphatic heterocycles. The molecule has 0 aromatic rings. The van der Waals surface area contributed by atoms with E-state index in [0.717, 1.165) is 0 Å². The van der Waals surface area contributed by atoms with Gasteiger partial charge in [0.2, 0.25) is 5.24 Å². The minimum absolute atomic E-state index is 0.326. The largest absolute Gasteiger partial charge is 0.280 e. The molecular formula is C7H10BrCl3O. The molecular weight excluding hydrogens is 286 g/mol. The number of rotatable bonds is 4. The molecule has 0 fully saturated rings. The van der Waals surface area contributed by atoms with Gasteiger partial charge in [-0.25, -0.2) is 0 Å². The highest BCUT2D eigenvalue weighted by Crippen LogP contribution is 2.35. The Labute approximate surface area is 95.9 Å². The van der Waals surface area contributed by atoms with Crippen LogP contribution in [0.4, 0.5) is 0 Å². The summed E-state index contributed by atoms with van der Waals surface area (Å²) in [6.07, 6.45) is 0.518. The monoisotopic (exact) mass is 294 g/mol. The molecule has 0 rings (SSSR count). The van der Waals surface area contributed by atoms with Crippen molar-refractivity contribution in [2.45, 2.75) is 29.9 Å². The average Bonchev–Trinajstić information content (AvgIpc) is 1.82. The van der Waals surface area contributed by atoms with E-state index < -0.39 is 14.9 Å². The van der Waals surface area contributed by atoms with Crippen LogP contribution in [-0.2, 0) is 4.79 Å². The molecule has 0 aliphatic rings. The number of halogens is 4. The molecule has 0 aliphatic carbocycles. The molecule has 0 aromatic carbocycles. The predicted octanol–water partition coefficient (Wildman–Crippen LogP) is 3.74. The Bertz CT molecular complexity index is 170. The van der Waals surface area contributed by atoms with E-state index in [0.29, 0.717) is 6.42 Å². The van der Waals surface area contributed by atoms with E-state index in [1.54, 1.807) is 0 Å². The van der Waals surface area contributed by atoms with Gasteiger partial charge in [-0.2, -0.15) is 0 Å². The number of alkyl halides is 3. The molecule has 0 saturated carbocycles. The van der Waals surface area contributed by atoms with E-state index in [1.807, 2.05) is 13.8 Å². The molecule has 0 aromatic heterocycles. The van der Waals surface area contributed by atoms with Gasteiger partial charge in [-0.3, -0.25) is 4.79 Å². The molecule has 1 unspecified atom stereocenters. The van der Waals surface area contributed by atoms with Crippen LogP contribution in [0.1, 0.15) is 20.3 Å². The van der Waals surface area contributed by atoms with Crippen LogP contribution in [0.5, 0.6) is 0 Å². The topological polar surface area (TPSA) is 17.1 Å². The van der Waals surface area contributed by atoms with Crippen molar-refractivity contribution in [2.75, 3.05) is 0 Å². The van der Waals surface area contributed by atoms with Crippen LogP contribution in [0, 0.1) is 5.41 Å². The Balaban J connectivity index is 4.28. The van der Waals surface area contributed by atoms with Gasteiger partial charge < -0.3 is 0 Å². The molecule has 0 bridgehead atoms. The Morgan fingerprint density at radius 2 is 1.92 bits per heavy atom. The molecule has 0 spiro atoms. The van der Waals surface area contributed by atoms with Gasteiger partial charge in [0.05, 0.1) is 4.83 Å². The van der Waals surface area contributed by atoms with E-state index in [4.69, 9.17) is 34.8 Å². The number of carbonyl (C=O) groups excluding carboxylic acids is 1. The lowest BCUT2D eigenvalue weighted by Crippen LogP contribution is -2.30. The third kappa shape index (κ3) is 4.31. The van der Waals surface area contributed by atoms with Crippen LogP contribution >= 0.6 is 50.7 Å². The molecule has 12 heavy (non-hydrogen) atoms. The predicted molar refractivity (Wildman–Crippen MR) is 57.5 cm³/mol. The van der Waals surface area contributed by atoms with Crippen molar-refractivity contribution in [1.29, 1.82) is 0 Å². The molecule has 0 amide bonds. The van der Waals surface area contributed by atoms with Gasteiger partial charge in [0.15, 0.2) is 0 Å². The fourth-order valence-corrected chi connectivity index (χ4v) is 2.09. The minimum Gasteiger partial charge on any atom is -0.280 e. The molecule has 0 N–H and O–H groups in total. The van der Waals surface area contributed by atoms with Gasteiger partial charge >= 0.3 is 0 Å². The first-order valence-corrected chi connectivity index (χ1v) is 5.55. The summed E-state index contributed by atoms with van der Waals surface area (Å²) in [5.41, 5.74) is -0.326. The van der Waals surface area contributed by atoms with Crippen molar-refractivity contribution in [3.05, 3.63) is 0 Å². The second-order valence-electron chi connectivity index (χ2n) is 3.25. The van der Waals surface area contributed by atoms with Crippen LogP contribution in [0.3, 0.4) is 0 Å². The molecule has 72 valence electrons. The first-order chi connectivity index (χ1) is 5.27. The maximum Gasteiger partial charge on any atom is 0.235 e. The van der Waals surface area contributed by atoms with E-state index in [2.05, 4.69) is 15.9 Å². The first kappa shape index (κ1) is 13.0.